The first-order chi connectivity index (χ1) is 4.57. The quantitative estimate of drug-likeness (QED) is 0.611. The summed E-state index contributed by atoms with van der Waals surface area (Å²) in [4.78, 5) is 10.2. The third kappa shape index (κ3) is 3.67. The number of carbonyl (C=O) groups is 1. The Balaban J connectivity index is 3.70. The molecular formula is C6H8INO2. The van der Waals surface area contributed by atoms with Crippen LogP contribution in [0.3, 0.4) is 0 Å². The molecule has 0 aromatic rings. The Morgan fingerprint density at radius 3 is 2.70 bits per heavy atom. The van der Waals surface area contributed by atoms with E-state index in [1.807, 2.05) is 28.7 Å². The Hall–Kier alpha value is -0.310. The van der Waals surface area contributed by atoms with Crippen LogP contribution in [0.4, 0.5) is 0 Å². The third-order valence-corrected chi connectivity index (χ3v) is 2.09. The average molecular weight is 253 g/mol. The maximum Gasteiger partial charge on any atom is 0.316 e. The van der Waals surface area contributed by atoms with E-state index in [1.165, 1.54) is 0 Å². The van der Waals surface area contributed by atoms with Crippen LogP contribution in [0.1, 0.15) is 13.3 Å². The second kappa shape index (κ2) is 4.50. The van der Waals surface area contributed by atoms with Crippen molar-refractivity contribution in [1.82, 2.24) is 0 Å². The molecule has 0 aromatic heterocycles. The van der Waals surface area contributed by atoms with Gasteiger partial charge in [-0.3, -0.25) is 4.79 Å². The van der Waals surface area contributed by atoms with Gasteiger partial charge in [0.2, 0.25) is 0 Å². The molecule has 3 nitrogen and oxygen atoms in total. The van der Waals surface area contributed by atoms with Gasteiger partial charge in [0.1, 0.15) is 3.92 Å². The number of alkyl halides is 1. The highest BCUT2D eigenvalue weighted by Crippen LogP contribution is 2.12. The van der Waals surface area contributed by atoms with Crippen molar-refractivity contribution in [3.8, 4) is 6.07 Å². The van der Waals surface area contributed by atoms with Gasteiger partial charge >= 0.3 is 5.97 Å². The first kappa shape index (κ1) is 9.69. The van der Waals surface area contributed by atoms with Crippen molar-refractivity contribution < 1.29 is 9.90 Å². The molecule has 0 saturated carbocycles. The Kier molecular flexibility index (Phi) is 4.36. The van der Waals surface area contributed by atoms with Gasteiger partial charge in [0.05, 0.1) is 6.07 Å². The fourth-order valence-electron chi connectivity index (χ4n) is 0.464. The number of carboxylic acid groups (broad SMARTS) is 1. The van der Waals surface area contributed by atoms with E-state index in [0.29, 0.717) is 6.42 Å². The molecular weight excluding hydrogens is 245 g/mol. The molecule has 10 heavy (non-hydrogen) atoms. The number of aliphatic carboxylic acids is 1. The zero-order valence-corrected chi connectivity index (χ0v) is 7.70. The van der Waals surface area contributed by atoms with Gasteiger partial charge in [-0.2, -0.15) is 5.26 Å². The van der Waals surface area contributed by atoms with Crippen LogP contribution in [-0.2, 0) is 4.79 Å². The number of hydrogen-bond donors (Lipinski definition) is 1. The number of halogens is 1. The van der Waals surface area contributed by atoms with E-state index in [4.69, 9.17) is 10.4 Å². The second-order valence-corrected chi connectivity index (χ2v) is 3.58. The van der Waals surface area contributed by atoms with E-state index in [1.54, 1.807) is 6.92 Å². The molecule has 4 heteroatoms. The summed E-state index contributed by atoms with van der Waals surface area (Å²) in [5, 5.41) is 16.7. The maximum atomic E-state index is 10.2. The average Bonchev–Trinajstić information content (AvgIpc) is 1.87. The highest BCUT2D eigenvalue weighted by atomic mass is 127. The zero-order chi connectivity index (χ0) is 8.15. The summed E-state index contributed by atoms with van der Waals surface area (Å²) in [6, 6.07) is 1.98. The van der Waals surface area contributed by atoms with E-state index in [-0.39, 0.29) is 5.92 Å². The smallest absolute Gasteiger partial charge is 0.316 e. The van der Waals surface area contributed by atoms with Gasteiger partial charge in [0.25, 0.3) is 0 Å². The fraction of sp³-hybridized carbons (Fsp3) is 0.667. The lowest BCUT2D eigenvalue weighted by Gasteiger charge is -2.03. The minimum Gasteiger partial charge on any atom is -0.480 e. The summed E-state index contributed by atoms with van der Waals surface area (Å²) < 4.78 is -0.438. The van der Waals surface area contributed by atoms with E-state index in [0.717, 1.165) is 0 Å². The monoisotopic (exact) mass is 253 g/mol. The molecule has 0 bridgehead atoms. The molecule has 0 heterocycles. The predicted molar refractivity (Wildman–Crippen MR) is 44.8 cm³/mol. The molecule has 0 amide bonds. The Labute approximate surface area is 73.2 Å². The first-order valence-electron chi connectivity index (χ1n) is 2.84. The van der Waals surface area contributed by atoms with Crippen molar-refractivity contribution in [3.05, 3.63) is 0 Å². The summed E-state index contributed by atoms with van der Waals surface area (Å²) in [6.07, 6.45) is 0.423. The lowest BCUT2D eigenvalue weighted by Crippen LogP contribution is -2.14. The second-order valence-electron chi connectivity index (χ2n) is 2.07. The standard InChI is InChI=1S/C6H8INO2/c1-4(3-8)2-5(7)6(9)10/h4-5H,2H2,1H3,(H,9,10). The number of rotatable bonds is 3. The highest BCUT2D eigenvalue weighted by molar-refractivity contribution is 14.1. The number of nitrogens with zero attached hydrogens (tertiary/aromatic N) is 1. The van der Waals surface area contributed by atoms with Crippen molar-refractivity contribution >= 4 is 28.6 Å². The Bertz CT molecular complexity index is 164. The third-order valence-electron chi connectivity index (χ3n) is 1.05. The van der Waals surface area contributed by atoms with Gasteiger partial charge in [-0.1, -0.05) is 22.6 Å². The normalized spacial score (nSPS) is 15.3. The van der Waals surface area contributed by atoms with Gasteiger partial charge in [-0.05, 0) is 13.3 Å². The van der Waals surface area contributed by atoms with Crippen LogP contribution < -0.4 is 0 Å². The van der Waals surface area contributed by atoms with Crippen LogP contribution >= 0.6 is 22.6 Å². The van der Waals surface area contributed by atoms with Gasteiger partial charge in [0.15, 0.2) is 0 Å². The number of nitriles is 1. The molecule has 0 aliphatic rings. The minimum absolute atomic E-state index is 0.169. The first-order valence-corrected chi connectivity index (χ1v) is 4.09. The van der Waals surface area contributed by atoms with Crippen molar-refractivity contribution in [2.45, 2.75) is 17.3 Å². The molecule has 56 valence electrons. The minimum atomic E-state index is -0.845. The highest BCUT2D eigenvalue weighted by Gasteiger charge is 2.15. The van der Waals surface area contributed by atoms with Crippen LogP contribution in [0.2, 0.25) is 0 Å². The van der Waals surface area contributed by atoms with Crippen LogP contribution in [0.5, 0.6) is 0 Å². The summed E-state index contributed by atoms with van der Waals surface area (Å²) >= 11 is 1.82. The molecule has 0 radical (unpaired) electrons. The molecule has 0 aliphatic heterocycles. The largest absolute Gasteiger partial charge is 0.480 e. The van der Waals surface area contributed by atoms with Crippen molar-refractivity contribution in [3.63, 3.8) is 0 Å². The van der Waals surface area contributed by atoms with E-state index >= 15 is 0 Å². The molecule has 0 fully saturated rings. The summed E-state index contributed by atoms with van der Waals surface area (Å²) in [6.45, 7) is 1.72. The van der Waals surface area contributed by atoms with Crippen molar-refractivity contribution in [2.75, 3.05) is 0 Å². The molecule has 0 aromatic carbocycles. The fourth-order valence-corrected chi connectivity index (χ4v) is 1.23. The molecule has 2 unspecified atom stereocenters. The van der Waals surface area contributed by atoms with Gasteiger partial charge in [-0.15, -0.1) is 0 Å². The van der Waals surface area contributed by atoms with E-state index in [9.17, 15) is 4.79 Å². The van der Waals surface area contributed by atoms with Crippen LogP contribution in [0, 0.1) is 17.2 Å². The Morgan fingerprint density at radius 2 is 2.40 bits per heavy atom. The molecule has 0 spiro atoms. The molecule has 1 N–H and O–H groups in total. The molecule has 0 aliphatic carbocycles. The summed E-state index contributed by atoms with van der Waals surface area (Å²) in [5.74, 6) is -1.01. The van der Waals surface area contributed by atoms with Crippen molar-refractivity contribution in [1.29, 1.82) is 5.26 Å². The van der Waals surface area contributed by atoms with Gasteiger partial charge < -0.3 is 5.11 Å². The Morgan fingerprint density at radius 1 is 1.90 bits per heavy atom. The SMILES string of the molecule is CC(C#N)CC(I)C(=O)O. The predicted octanol–water partition coefficient (Wildman–Crippen LogP) is 1.42. The lowest BCUT2D eigenvalue weighted by atomic mass is 10.1. The summed E-state index contributed by atoms with van der Waals surface area (Å²) in [5.41, 5.74) is 0. The number of carboxylic acids is 1. The van der Waals surface area contributed by atoms with Gasteiger partial charge in [-0.25, -0.2) is 0 Å². The molecule has 0 rings (SSSR count). The number of hydrogen-bond acceptors (Lipinski definition) is 2. The van der Waals surface area contributed by atoms with E-state index in [2.05, 4.69) is 0 Å². The van der Waals surface area contributed by atoms with Crippen molar-refractivity contribution in [2.24, 2.45) is 5.92 Å². The van der Waals surface area contributed by atoms with Crippen LogP contribution in [0.15, 0.2) is 0 Å². The van der Waals surface area contributed by atoms with E-state index < -0.39 is 9.89 Å². The van der Waals surface area contributed by atoms with Gasteiger partial charge in [0, 0.05) is 5.92 Å². The summed E-state index contributed by atoms with van der Waals surface area (Å²) in [7, 11) is 0. The zero-order valence-electron chi connectivity index (χ0n) is 5.54. The van der Waals surface area contributed by atoms with Crippen LogP contribution in [-0.4, -0.2) is 15.0 Å². The molecule has 0 saturated heterocycles. The van der Waals surface area contributed by atoms with Crippen LogP contribution in [0.25, 0.3) is 0 Å². The lowest BCUT2D eigenvalue weighted by molar-refractivity contribution is -0.136. The topological polar surface area (TPSA) is 61.1 Å². The molecule has 2 atom stereocenters. The maximum absolute atomic E-state index is 10.2.